The molecule has 0 aromatic carbocycles. The fourth-order valence-electron chi connectivity index (χ4n) is 1.76. The van der Waals surface area contributed by atoms with Gasteiger partial charge in [0.1, 0.15) is 30.2 Å². The summed E-state index contributed by atoms with van der Waals surface area (Å²) in [4.78, 5) is 0. The van der Waals surface area contributed by atoms with Crippen molar-refractivity contribution in [3.05, 3.63) is 24.2 Å². The molecule has 1 aliphatic rings. The fourth-order valence-corrected chi connectivity index (χ4v) is 1.76. The Bertz CT molecular complexity index is 310. The Kier molecular flexibility index (Phi) is 2.79. The number of hydrogen-bond acceptors (Lipinski definition) is 5. The van der Waals surface area contributed by atoms with Gasteiger partial charge in [-0.25, -0.2) is 0 Å². The molecular formula is C10H14O5. The van der Waals surface area contributed by atoms with Gasteiger partial charge in [-0.1, -0.05) is 0 Å². The largest absolute Gasteiger partial charge is 0.466 e. The van der Waals surface area contributed by atoms with E-state index in [0.29, 0.717) is 5.76 Å². The summed E-state index contributed by atoms with van der Waals surface area (Å²) in [6.07, 6.45) is -3.04. The standard InChI is InChI=1S/C10H14O5/c1-5-7(11)9(13)10(15-5)8(12)6-3-2-4-14-6/h2-5,7-13H,1H3/t5-,7-,8+,9-,10+/m0/s1. The Morgan fingerprint density at radius 2 is 2.07 bits per heavy atom. The first-order valence-corrected chi connectivity index (χ1v) is 4.84. The fraction of sp³-hybridized carbons (Fsp3) is 0.600. The highest BCUT2D eigenvalue weighted by Gasteiger charge is 2.44. The molecule has 0 aliphatic carbocycles. The minimum Gasteiger partial charge on any atom is -0.466 e. The molecule has 1 aliphatic heterocycles. The van der Waals surface area contributed by atoms with Gasteiger partial charge < -0.3 is 24.5 Å². The summed E-state index contributed by atoms with van der Waals surface area (Å²) in [5.74, 6) is 0.320. The highest BCUT2D eigenvalue weighted by atomic mass is 16.6. The van der Waals surface area contributed by atoms with Gasteiger partial charge in [-0.2, -0.15) is 0 Å². The molecule has 2 rings (SSSR count). The highest BCUT2D eigenvalue weighted by Crippen LogP contribution is 2.30. The van der Waals surface area contributed by atoms with Crippen LogP contribution in [0.4, 0.5) is 0 Å². The van der Waals surface area contributed by atoms with Crippen molar-refractivity contribution < 1.29 is 24.5 Å². The van der Waals surface area contributed by atoms with Crippen molar-refractivity contribution in [2.45, 2.75) is 37.4 Å². The van der Waals surface area contributed by atoms with Crippen LogP contribution >= 0.6 is 0 Å². The van der Waals surface area contributed by atoms with Crippen LogP contribution in [0.2, 0.25) is 0 Å². The molecule has 1 aromatic rings. The lowest BCUT2D eigenvalue weighted by atomic mass is 10.0. The van der Waals surface area contributed by atoms with E-state index in [1.165, 1.54) is 6.26 Å². The molecule has 15 heavy (non-hydrogen) atoms. The van der Waals surface area contributed by atoms with E-state index in [0.717, 1.165) is 0 Å². The van der Waals surface area contributed by atoms with Crippen molar-refractivity contribution in [2.24, 2.45) is 0 Å². The Balaban J connectivity index is 2.12. The van der Waals surface area contributed by atoms with E-state index < -0.39 is 30.5 Å². The molecule has 3 N–H and O–H groups in total. The SMILES string of the molecule is C[C@@H]1O[C@H]([C@H](O)c2ccco2)[C@@H](O)[C@H]1O. The number of hydrogen-bond donors (Lipinski definition) is 3. The predicted octanol–water partition coefficient (Wildman–Crippen LogP) is -0.178. The number of aliphatic hydroxyl groups excluding tert-OH is 3. The van der Waals surface area contributed by atoms with E-state index >= 15 is 0 Å². The molecule has 0 bridgehead atoms. The number of rotatable bonds is 2. The lowest BCUT2D eigenvalue weighted by molar-refractivity contribution is -0.0706. The average Bonchev–Trinajstić information content (AvgIpc) is 2.82. The zero-order valence-corrected chi connectivity index (χ0v) is 8.28. The molecule has 0 amide bonds. The van der Waals surface area contributed by atoms with Gasteiger partial charge >= 0.3 is 0 Å². The van der Waals surface area contributed by atoms with Crippen LogP contribution in [0.25, 0.3) is 0 Å². The van der Waals surface area contributed by atoms with Gasteiger partial charge in [-0.3, -0.25) is 0 Å². The quantitative estimate of drug-likeness (QED) is 0.636. The van der Waals surface area contributed by atoms with E-state index in [1.807, 2.05) is 0 Å². The Morgan fingerprint density at radius 3 is 2.53 bits per heavy atom. The Morgan fingerprint density at radius 1 is 1.33 bits per heavy atom. The number of aliphatic hydroxyl groups is 3. The first-order valence-electron chi connectivity index (χ1n) is 4.84. The van der Waals surface area contributed by atoms with Gasteiger partial charge in [0.2, 0.25) is 0 Å². The summed E-state index contributed by atoms with van der Waals surface area (Å²) >= 11 is 0. The Hall–Kier alpha value is -0.880. The molecule has 0 spiro atoms. The van der Waals surface area contributed by atoms with Crippen LogP contribution in [-0.2, 0) is 4.74 Å². The van der Waals surface area contributed by atoms with E-state index in [4.69, 9.17) is 9.15 Å². The first-order chi connectivity index (χ1) is 7.11. The molecule has 1 fully saturated rings. The third kappa shape index (κ3) is 1.79. The highest BCUT2D eigenvalue weighted by molar-refractivity contribution is 5.07. The van der Waals surface area contributed by atoms with Crippen molar-refractivity contribution in [3.63, 3.8) is 0 Å². The van der Waals surface area contributed by atoms with Gasteiger partial charge in [-0.15, -0.1) is 0 Å². The van der Waals surface area contributed by atoms with Gasteiger partial charge in [0.05, 0.1) is 12.4 Å². The molecule has 0 radical (unpaired) electrons. The molecule has 1 aromatic heterocycles. The lowest BCUT2D eigenvalue weighted by Crippen LogP contribution is -2.34. The van der Waals surface area contributed by atoms with Crippen molar-refractivity contribution in [2.75, 3.05) is 0 Å². The van der Waals surface area contributed by atoms with Crippen LogP contribution in [0.15, 0.2) is 22.8 Å². The molecule has 0 saturated carbocycles. The van der Waals surface area contributed by atoms with Crippen molar-refractivity contribution in [1.82, 2.24) is 0 Å². The molecular weight excluding hydrogens is 200 g/mol. The molecule has 5 heteroatoms. The predicted molar refractivity (Wildman–Crippen MR) is 50.0 cm³/mol. The normalized spacial score (nSPS) is 38.1. The van der Waals surface area contributed by atoms with E-state index in [2.05, 4.69) is 0 Å². The van der Waals surface area contributed by atoms with Crippen LogP contribution < -0.4 is 0 Å². The summed E-state index contributed by atoms with van der Waals surface area (Å²) in [6.45, 7) is 1.64. The summed E-state index contributed by atoms with van der Waals surface area (Å²) in [6, 6.07) is 3.23. The van der Waals surface area contributed by atoms with E-state index in [9.17, 15) is 15.3 Å². The third-order valence-corrected chi connectivity index (χ3v) is 2.69. The van der Waals surface area contributed by atoms with Gasteiger partial charge in [0.25, 0.3) is 0 Å². The molecule has 5 atom stereocenters. The molecule has 84 valence electrons. The van der Waals surface area contributed by atoms with E-state index in [-0.39, 0.29) is 0 Å². The second-order valence-electron chi connectivity index (χ2n) is 3.75. The third-order valence-electron chi connectivity index (χ3n) is 2.69. The summed E-state index contributed by atoms with van der Waals surface area (Å²) in [5.41, 5.74) is 0. The number of ether oxygens (including phenoxy) is 1. The van der Waals surface area contributed by atoms with Crippen LogP contribution in [0, 0.1) is 0 Å². The summed E-state index contributed by atoms with van der Waals surface area (Å²) in [5, 5.41) is 28.9. The molecule has 2 heterocycles. The smallest absolute Gasteiger partial charge is 0.140 e. The van der Waals surface area contributed by atoms with Gasteiger partial charge in [-0.05, 0) is 19.1 Å². The van der Waals surface area contributed by atoms with Gasteiger partial charge in [0, 0.05) is 0 Å². The summed E-state index contributed by atoms with van der Waals surface area (Å²) in [7, 11) is 0. The second kappa shape index (κ2) is 3.94. The van der Waals surface area contributed by atoms with Crippen LogP contribution in [0.5, 0.6) is 0 Å². The monoisotopic (exact) mass is 214 g/mol. The van der Waals surface area contributed by atoms with Crippen molar-refractivity contribution in [1.29, 1.82) is 0 Å². The van der Waals surface area contributed by atoms with E-state index in [1.54, 1.807) is 19.1 Å². The van der Waals surface area contributed by atoms with Crippen molar-refractivity contribution in [3.8, 4) is 0 Å². The first kappa shape index (κ1) is 10.6. The van der Waals surface area contributed by atoms with Gasteiger partial charge in [0.15, 0.2) is 0 Å². The second-order valence-corrected chi connectivity index (χ2v) is 3.75. The maximum atomic E-state index is 9.83. The zero-order valence-electron chi connectivity index (χ0n) is 8.28. The number of furan rings is 1. The maximum Gasteiger partial charge on any atom is 0.140 e. The van der Waals surface area contributed by atoms with Crippen molar-refractivity contribution >= 4 is 0 Å². The topological polar surface area (TPSA) is 83.1 Å². The zero-order chi connectivity index (χ0) is 11.0. The molecule has 5 nitrogen and oxygen atoms in total. The minimum absolute atomic E-state index is 0.320. The lowest BCUT2D eigenvalue weighted by Gasteiger charge is -2.19. The van der Waals surface area contributed by atoms with Crippen LogP contribution in [-0.4, -0.2) is 39.7 Å². The average molecular weight is 214 g/mol. The maximum absolute atomic E-state index is 9.83. The minimum atomic E-state index is -1.10. The van der Waals surface area contributed by atoms with Crippen LogP contribution in [0.1, 0.15) is 18.8 Å². The summed E-state index contributed by atoms with van der Waals surface area (Å²) < 4.78 is 10.3. The molecule has 1 saturated heterocycles. The molecule has 0 unspecified atom stereocenters. The van der Waals surface area contributed by atoms with Crippen LogP contribution in [0.3, 0.4) is 0 Å². The Labute approximate surface area is 86.9 Å².